The first kappa shape index (κ1) is 22.6. The number of imide groups is 1. The molecule has 3 aliphatic rings. The highest BCUT2D eigenvalue weighted by Crippen LogP contribution is 2.38. The maximum absolute atomic E-state index is 12.7. The number of ether oxygens (including phenoxy) is 1. The Morgan fingerprint density at radius 2 is 1.56 bits per heavy atom. The minimum atomic E-state index is -0.667. The van der Waals surface area contributed by atoms with Crippen LogP contribution in [0.25, 0.3) is 0 Å². The number of hydrogen-bond donors (Lipinski definition) is 0. The third kappa shape index (κ3) is 3.99. The van der Waals surface area contributed by atoms with Gasteiger partial charge in [-0.3, -0.25) is 24.1 Å². The average molecular weight is 499 g/mol. The van der Waals surface area contributed by atoms with Crippen molar-refractivity contribution in [3.8, 4) is 5.75 Å². The molecule has 2 aromatic carbocycles. The van der Waals surface area contributed by atoms with E-state index in [4.69, 9.17) is 27.9 Å². The largest absolute Gasteiger partial charge is 0.426 e. The molecule has 0 radical (unpaired) electrons. The number of anilines is 2. The topological polar surface area (TPSA) is 84.0 Å². The van der Waals surface area contributed by atoms with Crippen LogP contribution in [0.4, 0.5) is 11.4 Å². The van der Waals surface area contributed by atoms with Crippen molar-refractivity contribution in [3.63, 3.8) is 0 Å². The van der Waals surface area contributed by atoms with Crippen LogP contribution in [0.15, 0.2) is 54.6 Å². The first-order valence-electron chi connectivity index (χ1n) is 10.9. The van der Waals surface area contributed by atoms with Crippen LogP contribution in [0.1, 0.15) is 19.3 Å². The van der Waals surface area contributed by atoms with Crippen molar-refractivity contribution in [2.75, 3.05) is 16.3 Å². The third-order valence-electron chi connectivity index (χ3n) is 6.48. The second kappa shape index (κ2) is 8.89. The summed E-state index contributed by atoms with van der Waals surface area (Å²) in [7, 11) is 0. The summed E-state index contributed by atoms with van der Waals surface area (Å²) in [4.78, 5) is 53.4. The molecule has 2 heterocycles. The van der Waals surface area contributed by atoms with E-state index in [1.54, 1.807) is 30.3 Å². The van der Waals surface area contributed by atoms with Gasteiger partial charge in [0.15, 0.2) is 0 Å². The smallest absolute Gasteiger partial charge is 0.316 e. The predicted molar refractivity (Wildman–Crippen MR) is 127 cm³/mol. The first-order chi connectivity index (χ1) is 16.3. The summed E-state index contributed by atoms with van der Waals surface area (Å²) >= 11 is 12.2. The van der Waals surface area contributed by atoms with Gasteiger partial charge in [0.05, 0.1) is 34.2 Å². The quantitative estimate of drug-likeness (QED) is 0.270. The summed E-state index contributed by atoms with van der Waals surface area (Å²) in [5, 5.41) is 0.799. The number of carbonyl (C=O) groups excluding carboxylic acids is 4. The molecule has 0 spiro atoms. The van der Waals surface area contributed by atoms with Gasteiger partial charge >= 0.3 is 5.97 Å². The molecule has 0 saturated carbocycles. The van der Waals surface area contributed by atoms with Gasteiger partial charge in [-0.05, 0) is 55.3 Å². The summed E-state index contributed by atoms with van der Waals surface area (Å²) in [6, 6.07) is 11.1. The number of amides is 3. The fourth-order valence-electron chi connectivity index (χ4n) is 4.71. The van der Waals surface area contributed by atoms with Crippen molar-refractivity contribution in [2.45, 2.75) is 19.3 Å². The Morgan fingerprint density at radius 1 is 0.912 bits per heavy atom. The summed E-state index contributed by atoms with van der Waals surface area (Å²) in [5.74, 6) is -2.23. The van der Waals surface area contributed by atoms with Crippen molar-refractivity contribution in [2.24, 2.45) is 17.8 Å². The summed E-state index contributed by atoms with van der Waals surface area (Å²) < 4.78 is 5.48. The molecule has 174 valence electrons. The van der Waals surface area contributed by atoms with E-state index in [9.17, 15) is 19.2 Å². The van der Waals surface area contributed by atoms with Crippen molar-refractivity contribution in [1.29, 1.82) is 0 Å². The van der Waals surface area contributed by atoms with E-state index in [1.165, 1.54) is 21.9 Å². The Hall–Kier alpha value is -3.16. The van der Waals surface area contributed by atoms with Gasteiger partial charge in [0.2, 0.25) is 17.7 Å². The first-order valence-corrected chi connectivity index (χ1v) is 11.7. The van der Waals surface area contributed by atoms with E-state index in [0.29, 0.717) is 34.3 Å². The Bertz CT molecular complexity index is 1200. The van der Waals surface area contributed by atoms with Crippen LogP contribution in [0.5, 0.6) is 5.75 Å². The number of esters is 1. The lowest BCUT2D eigenvalue weighted by Crippen LogP contribution is -2.30. The Morgan fingerprint density at radius 3 is 2.21 bits per heavy atom. The van der Waals surface area contributed by atoms with Crippen molar-refractivity contribution < 1.29 is 23.9 Å². The number of benzene rings is 2. The molecule has 0 N–H and O–H groups in total. The van der Waals surface area contributed by atoms with E-state index in [2.05, 4.69) is 0 Å². The van der Waals surface area contributed by atoms with E-state index >= 15 is 0 Å². The molecule has 0 bridgehead atoms. The Labute approximate surface area is 205 Å². The van der Waals surface area contributed by atoms with Crippen LogP contribution >= 0.6 is 23.2 Å². The number of allylic oxidation sites excluding steroid dienone is 2. The van der Waals surface area contributed by atoms with Crippen molar-refractivity contribution in [3.05, 3.63) is 64.7 Å². The van der Waals surface area contributed by atoms with Gasteiger partial charge in [0.25, 0.3) is 0 Å². The molecule has 3 atom stereocenters. The van der Waals surface area contributed by atoms with E-state index < -0.39 is 11.9 Å². The molecule has 7 nitrogen and oxygen atoms in total. The predicted octanol–water partition coefficient (Wildman–Crippen LogP) is 4.41. The molecule has 0 unspecified atom stereocenters. The lowest BCUT2D eigenvalue weighted by atomic mass is 9.85. The van der Waals surface area contributed by atoms with Crippen LogP contribution < -0.4 is 14.5 Å². The fraction of sp³-hybridized carbons (Fsp3) is 0.280. The maximum atomic E-state index is 12.7. The molecule has 3 amide bonds. The van der Waals surface area contributed by atoms with Crippen molar-refractivity contribution in [1.82, 2.24) is 0 Å². The highest BCUT2D eigenvalue weighted by molar-refractivity contribution is 6.36. The molecule has 1 aliphatic carbocycles. The number of rotatable bonds is 4. The molecular formula is C25H20Cl2N2O5. The van der Waals surface area contributed by atoms with Crippen LogP contribution in [-0.4, -0.2) is 30.2 Å². The number of halogens is 2. The normalized spacial score (nSPS) is 24.1. The van der Waals surface area contributed by atoms with Crippen LogP contribution in [0.3, 0.4) is 0 Å². The highest BCUT2D eigenvalue weighted by atomic mass is 35.5. The third-order valence-corrected chi connectivity index (χ3v) is 7.03. The molecule has 2 fully saturated rings. The van der Waals surface area contributed by atoms with Gasteiger partial charge in [-0.1, -0.05) is 35.4 Å². The summed E-state index contributed by atoms with van der Waals surface area (Å²) in [6.45, 7) is 0.128. The maximum Gasteiger partial charge on any atom is 0.316 e. The van der Waals surface area contributed by atoms with Crippen LogP contribution in [0.2, 0.25) is 10.0 Å². The standard InChI is InChI=1S/C25H20Cl2N2O5/c26-15-5-10-20(27)21(12-15)28-13-14(11-22(28)30)25(33)34-17-8-6-16(7-9-17)29-23(31)18-3-1-2-4-19(18)24(29)32/h1-2,5-10,12,14,18-19H,3-4,11,13H2/t14-,18+,19+/m0/s1. The van der Waals surface area contributed by atoms with E-state index in [0.717, 1.165) is 0 Å². The minimum absolute atomic E-state index is 0.00659. The molecule has 0 aromatic heterocycles. The molecule has 34 heavy (non-hydrogen) atoms. The lowest BCUT2D eigenvalue weighted by Gasteiger charge is -2.18. The summed E-state index contributed by atoms with van der Waals surface area (Å²) in [5.41, 5.74) is 0.900. The van der Waals surface area contributed by atoms with E-state index in [1.807, 2.05) is 12.2 Å². The molecule has 5 rings (SSSR count). The zero-order chi connectivity index (χ0) is 24.0. The van der Waals surface area contributed by atoms with Gasteiger partial charge in [0, 0.05) is 18.0 Å². The van der Waals surface area contributed by atoms with E-state index in [-0.39, 0.29) is 48.3 Å². The monoisotopic (exact) mass is 498 g/mol. The van der Waals surface area contributed by atoms with Gasteiger partial charge in [0.1, 0.15) is 5.75 Å². The zero-order valence-corrected chi connectivity index (χ0v) is 19.5. The van der Waals surface area contributed by atoms with Gasteiger partial charge in [-0.25, -0.2) is 0 Å². The number of nitrogens with zero attached hydrogens (tertiary/aromatic N) is 2. The Balaban J connectivity index is 1.25. The SMILES string of the molecule is O=C(Oc1ccc(N2C(=O)[C@@H]3CC=CC[C@H]3C2=O)cc1)[C@H]1CC(=O)N(c2cc(Cl)ccc2Cl)C1. The summed E-state index contributed by atoms with van der Waals surface area (Å²) in [6.07, 6.45) is 5.01. The fourth-order valence-corrected chi connectivity index (χ4v) is 5.09. The molecule has 9 heteroatoms. The van der Waals surface area contributed by atoms with Gasteiger partial charge < -0.3 is 9.64 Å². The Kier molecular flexibility index (Phi) is 5.91. The average Bonchev–Trinajstić information content (AvgIpc) is 3.34. The minimum Gasteiger partial charge on any atom is -0.426 e. The molecule has 2 saturated heterocycles. The second-order valence-electron chi connectivity index (χ2n) is 8.58. The zero-order valence-electron chi connectivity index (χ0n) is 17.9. The number of hydrogen-bond acceptors (Lipinski definition) is 5. The van der Waals surface area contributed by atoms with Gasteiger partial charge in [-0.15, -0.1) is 0 Å². The number of carbonyl (C=O) groups is 4. The van der Waals surface area contributed by atoms with Crippen LogP contribution in [-0.2, 0) is 19.2 Å². The van der Waals surface area contributed by atoms with Crippen molar-refractivity contribution >= 4 is 58.3 Å². The lowest BCUT2D eigenvalue weighted by molar-refractivity contribution is -0.139. The number of fused-ring (bicyclic) bond motifs is 1. The molecular weight excluding hydrogens is 479 g/mol. The molecule has 2 aromatic rings. The second-order valence-corrected chi connectivity index (χ2v) is 9.43. The van der Waals surface area contributed by atoms with Crippen LogP contribution in [0, 0.1) is 17.8 Å². The highest BCUT2D eigenvalue weighted by Gasteiger charge is 2.47. The molecule has 2 aliphatic heterocycles. The van der Waals surface area contributed by atoms with Gasteiger partial charge in [-0.2, -0.15) is 0 Å².